The molecule has 12 nitrogen and oxygen atoms in total. The fourth-order valence-corrected chi connectivity index (χ4v) is 6.46. The molecule has 0 saturated carbocycles. The minimum absolute atomic E-state index is 0.118. The Morgan fingerprint density at radius 1 is 0.557 bits per heavy atom. The lowest BCUT2D eigenvalue weighted by molar-refractivity contribution is -0.121. The summed E-state index contributed by atoms with van der Waals surface area (Å²) < 4.78 is 35.4. The highest BCUT2D eigenvalue weighted by Crippen LogP contribution is 2.27. The van der Waals surface area contributed by atoms with Gasteiger partial charge in [-0.05, 0) is 96.7 Å². The van der Waals surface area contributed by atoms with Crippen molar-refractivity contribution >= 4 is 68.8 Å². The fourth-order valence-electron chi connectivity index (χ4n) is 6.02. The van der Waals surface area contributed by atoms with Crippen LogP contribution in [0.1, 0.15) is 27.2 Å². The van der Waals surface area contributed by atoms with Gasteiger partial charge in [-0.25, -0.2) is 0 Å². The van der Waals surface area contributed by atoms with E-state index in [0.717, 1.165) is 22.1 Å². The average molecular weight is 853 g/mol. The number of para-hydroxylation sites is 3. The Labute approximate surface area is 362 Å². The Hall–Kier alpha value is -7.42. The third-order valence-electron chi connectivity index (χ3n) is 8.93. The third kappa shape index (κ3) is 12.1. The molecular formula is C47H40N4O8S2. The number of carbonyl (C=O) groups is 2. The summed E-state index contributed by atoms with van der Waals surface area (Å²) in [5.74, 6) is 2.42. The van der Waals surface area contributed by atoms with E-state index in [9.17, 15) is 9.59 Å². The summed E-state index contributed by atoms with van der Waals surface area (Å²) in [5.41, 5.74) is 4.47. The van der Waals surface area contributed by atoms with E-state index >= 15 is 0 Å². The Balaban J connectivity index is 0.893. The van der Waals surface area contributed by atoms with Gasteiger partial charge < -0.3 is 38.7 Å². The van der Waals surface area contributed by atoms with Crippen LogP contribution in [0.5, 0.6) is 28.7 Å². The van der Waals surface area contributed by atoms with Gasteiger partial charge in [-0.2, -0.15) is 0 Å². The monoisotopic (exact) mass is 852 g/mol. The minimum atomic E-state index is -0.454. The van der Waals surface area contributed by atoms with Crippen molar-refractivity contribution in [2.45, 2.75) is 19.8 Å². The van der Waals surface area contributed by atoms with Crippen LogP contribution in [0.4, 0.5) is 11.4 Å². The molecule has 0 atom stereocenters. The van der Waals surface area contributed by atoms with Crippen molar-refractivity contribution in [2.24, 2.45) is 0 Å². The summed E-state index contributed by atoms with van der Waals surface area (Å²) >= 11 is 10.7. The number of hydrogen-bond donors (Lipinski definition) is 4. The highest BCUT2D eigenvalue weighted by atomic mass is 32.1. The molecule has 0 fully saturated rings. The predicted octanol–water partition coefficient (Wildman–Crippen LogP) is 9.20. The van der Waals surface area contributed by atoms with E-state index in [-0.39, 0.29) is 48.3 Å². The van der Waals surface area contributed by atoms with E-state index in [1.165, 1.54) is 0 Å². The molecule has 0 bridgehead atoms. The molecule has 14 heteroatoms. The number of nitrogens with one attached hydrogen (secondary N) is 4. The Bertz CT molecular complexity index is 2620. The molecule has 1 heterocycles. The fraction of sp³-hybridized carbons (Fsp3) is 0.106. The lowest BCUT2D eigenvalue weighted by atomic mass is 10.1. The van der Waals surface area contributed by atoms with Crippen molar-refractivity contribution < 1.29 is 37.7 Å². The van der Waals surface area contributed by atoms with Crippen molar-refractivity contribution in [3.8, 4) is 28.7 Å². The number of methoxy groups -OCH3 is 1. The summed E-state index contributed by atoms with van der Waals surface area (Å²) in [6.45, 7) is 0.560. The van der Waals surface area contributed by atoms with Gasteiger partial charge in [-0.15, -0.1) is 0 Å². The zero-order valence-corrected chi connectivity index (χ0v) is 34.5. The van der Waals surface area contributed by atoms with Crippen LogP contribution in [-0.2, 0) is 24.6 Å². The molecule has 0 aliphatic heterocycles. The molecule has 2 amide bonds. The maximum absolute atomic E-state index is 12.7. The van der Waals surface area contributed by atoms with Crippen LogP contribution < -0.4 is 45.0 Å². The number of anilines is 2. The van der Waals surface area contributed by atoms with Gasteiger partial charge in [0.25, 0.3) is 11.8 Å². The Kier molecular flexibility index (Phi) is 14.0. The summed E-state index contributed by atoms with van der Waals surface area (Å²) in [4.78, 5) is 25.1. The van der Waals surface area contributed by atoms with E-state index in [4.69, 9.17) is 52.5 Å². The first-order valence-electron chi connectivity index (χ1n) is 19.0. The van der Waals surface area contributed by atoms with Gasteiger partial charge >= 0.3 is 0 Å². The van der Waals surface area contributed by atoms with Crippen LogP contribution in [0.3, 0.4) is 0 Å². The molecule has 0 unspecified atom stereocenters. The minimum Gasteiger partial charge on any atom is -0.496 e. The molecule has 308 valence electrons. The standard InChI is InChI=1S/C47H40N4O8S2/c1-54-40-22-21-31(23-34(40)29-56-39-18-9-13-35(25-39)48-46(60)50-44(52)30-57-37-15-3-2-4-16-37)27-58-41-19-7-6-12-33(41)28-55-38-17-10-14-36(26-38)49-47(61)51-45(53)43-24-32-11-5-8-20-42(32)59-43/h2-26H,27-30H2,1H3,(H2,48,50,52,60)(H2,49,51,53,61). The largest absolute Gasteiger partial charge is 0.496 e. The smallest absolute Gasteiger partial charge is 0.293 e. The molecular weight excluding hydrogens is 813 g/mol. The second kappa shape index (κ2) is 20.5. The number of amides is 2. The lowest BCUT2D eigenvalue weighted by Gasteiger charge is -2.15. The first kappa shape index (κ1) is 41.7. The number of ether oxygens (including phenoxy) is 5. The second-order valence-corrected chi connectivity index (χ2v) is 14.2. The molecule has 7 rings (SSSR count). The zero-order valence-electron chi connectivity index (χ0n) is 32.8. The average Bonchev–Trinajstić information content (AvgIpc) is 3.72. The van der Waals surface area contributed by atoms with Gasteiger partial charge in [0, 0.05) is 40.0 Å². The van der Waals surface area contributed by atoms with Crippen molar-refractivity contribution in [2.75, 3.05) is 24.4 Å². The normalized spacial score (nSPS) is 10.6. The number of hydrogen-bond acceptors (Lipinski definition) is 10. The van der Waals surface area contributed by atoms with Gasteiger partial charge in [0.05, 0.1) is 7.11 Å². The van der Waals surface area contributed by atoms with Crippen LogP contribution in [-0.4, -0.2) is 35.8 Å². The van der Waals surface area contributed by atoms with Crippen LogP contribution >= 0.6 is 24.4 Å². The zero-order chi connectivity index (χ0) is 42.4. The highest BCUT2D eigenvalue weighted by molar-refractivity contribution is 7.80. The number of rotatable bonds is 16. The summed E-state index contributed by atoms with van der Waals surface area (Å²) in [5, 5.41) is 12.4. The van der Waals surface area contributed by atoms with E-state index in [1.54, 1.807) is 43.5 Å². The maximum Gasteiger partial charge on any atom is 0.293 e. The van der Waals surface area contributed by atoms with Crippen molar-refractivity contribution in [3.05, 3.63) is 174 Å². The number of thiocarbonyl (C=S) groups is 2. The first-order chi connectivity index (χ1) is 29.8. The number of furan rings is 1. The van der Waals surface area contributed by atoms with Gasteiger partial charge in [0.15, 0.2) is 22.6 Å². The van der Waals surface area contributed by atoms with Crippen molar-refractivity contribution in [3.63, 3.8) is 0 Å². The number of benzene rings is 6. The molecule has 7 aromatic rings. The molecule has 0 aliphatic carbocycles. The second-order valence-electron chi connectivity index (χ2n) is 13.3. The van der Waals surface area contributed by atoms with Crippen molar-refractivity contribution in [1.82, 2.24) is 10.6 Å². The van der Waals surface area contributed by atoms with E-state index in [1.807, 2.05) is 115 Å². The predicted molar refractivity (Wildman–Crippen MR) is 242 cm³/mol. The molecule has 0 aliphatic rings. The third-order valence-corrected chi connectivity index (χ3v) is 9.33. The summed E-state index contributed by atoms with van der Waals surface area (Å²) in [6, 6.07) is 46.1. The lowest BCUT2D eigenvalue weighted by Crippen LogP contribution is -2.37. The molecule has 61 heavy (non-hydrogen) atoms. The van der Waals surface area contributed by atoms with Gasteiger partial charge in [-0.3, -0.25) is 20.2 Å². The summed E-state index contributed by atoms with van der Waals surface area (Å²) in [7, 11) is 1.61. The number of fused-ring (bicyclic) bond motifs is 1. The van der Waals surface area contributed by atoms with Gasteiger partial charge in [0.2, 0.25) is 0 Å². The molecule has 0 radical (unpaired) electrons. The summed E-state index contributed by atoms with van der Waals surface area (Å²) in [6.07, 6.45) is 0. The van der Waals surface area contributed by atoms with Crippen LogP contribution in [0.15, 0.2) is 156 Å². The van der Waals surface area contributed by atoms with Crippen molar-refractivity contribution in [1.29, 1.82) is 0 Å². The maximum atomic E-state index is 12.7. The Morgan fingerprint density at radius 2 is 1.20 bits per heavy atom. The molecule has 0 saturated heterocycles. The highest BCUT2D eigenvalue weighted by Gasteiger charge is 2.15. The van der Waals surface area contributed by atoms with Gasteiger partial charge in [-0.1, -0.05) is 72.8 Å². The van der Waals surface area contributed by atoms with Crippen LogP contribution in [0.25, 0.3) is 11.0 Å². The molecule has 0 spiro atoms. The number of carbonyl (C=O) groups excluding carboxylic acids is 2. The first-order valence-corrected chi connectivity index (χ1v) is 19.8. The van der Waals surface area contributed by atoms with E-state index in [0.29, 0.717) is 45.7 Å². The topological polar surface area (TPSA) is 142 Å². The van der Waals surface area contributed by atoms with E-state index < -0.39 is 5.91 Å². The van der Waals surface area contributed by atoms with Crippen LogP contribution in [0.2, 0.25) is 0 Å². The van der Waals surface area contributed by atoms with Crippen LogP contribution in [0, 0.1) is 0 Å². The molecule has 1 aromatic heterocycles. The Morgan fingerprint density at radius 3 is 1.92 bits per heavy atom. The quantitative estimate of drug-likeness (QED) is 0.0689. The van der Waals surface area contributed by atoms with Gasteiger partial charge in [0.1, 0.15) is 54.2 Å². The SMILES string of the molecule is COc1ccc(COc2ccccc2COc2cccc(NC(=S)NC(=O)c3cc4ccccc4o3)c2)cc1COc1cccc(NC(=S)NC(=O)COc2ccccc2)c1. The molecule has 6 aromatic carbocycles. The van der Waals surface area contributed by atoms with E-state index in [2.05, 4.69) is 21.3 Å². The molecule has 4 N–H and O–H groups in total.